The van der Waals surface area contributed by atoms with Crippen molar-refractivity contribution in [2.75, 3.05) is 12.4 Å². The van der Waals surface area contributed by atoms with Gasteiger partial charge in [-0.2, -0.15) is 0 Å². The lowest BCUT2D eigenvalue weighted by Gasteiger charge is -2.05. The van der Waals surface area contributed by atoms with Crippen LogP contribution in [0.15, 0.2) is 52.9 Å². The van der Waals surface area contributed by atoms with Crippen LogP contribution in [0.5, 0.6) is 5.75 Å². The van der Waals surface area contributed by atoms with Gasteiger partial charge in [-0.15, -0.1) is 10.2 Å². The predicted molar refractivity (Wildman–Crippen MR) is 99.7 cm³/mol. The molecule has 0 saturated carbocycles. The van der Waals surface area contributed by atoms with Crippen LogP contribution in [-0.4, -0.2) is 29.0 Å². The van der Waals surface area contributed by atoms with Crippen molar-refractivity contribution in [1.82, 2.24) is 10.2 Å². The fourth-order valence-electron chi connectivity index (χ4n) is 2.49. The first-order valence-electron chi connectivity index (χ1n) is 8.43. The number of rotatable bonds is 7. The smallest absolute Gasteiger partial charge is 0.247 e. The molecular weight excluding hydrogens is 346 g/mol. The second-order valence-electron chi connectivity index (χ2n) is 5.92. The molecule has 0 spiro atoms. The summed E-state index contributed by atoms with van der Waals surface area (Å²) < 4.78 is 10.8. The SMILES string of the molecule is COc1cccc(-c2nnc(CCC(=O)Nc3cccc(C(C)=O)c3)o2)c1. The van der Waals surface area contributed by atoms with Gasteiger partial charge < -0.3 is 14.5 Å². The number of benzene rings is 2. The highest BCUT2D eigenvalue weighted by Crippen LogP contribution is 2.23. The molecule has 7 nitrogen and oxygen atoms in total. The van der Waals surface area contributed by atoms with Gasteiger partial charge in [-0.25, -0.2) is 0 Å². The van der Waals surface area contributed by atoms with Crippen molar-refractivity contribution >= 4 is 17.4 Å². The lowest BCUT2D eigenvalue weighted by atomic mass is 10.1. The van der Waals surface area contributed by atoms with Crippen LogP contribution in [0.4, 0.5) is 5.69 Å². The number of ether oxygens (including phenoxy) is 1. The van der Waals surface area contributed by atoms with E-state index >= 15 is 0 Å². The maximum Gasteiger partial charge on any atom is 0.247 e. The molecule has 138 valence electrons. The Hall–Kier alpha value is -3.48. The molecule has 0 aliphatic rings. The molecule has 0 atom stereocenters. The van der Waals surface area contributed by atoms with Crippen LogP contribution in [0.2, 0.25) is 0 Å². The van der Waals surface area contributed by atoms with Gasteiger partial charge >= 0.3 is 0 Å². The fraction of sp³-hybridized carbons (Fsp3) is 0.200. The van der Waals surface area contributed by atoms with Crippen LogP contribution in [0, 0.1) is 0 Å². The normalized spacial score (nSPS) is 10.4. The number of methoxy groups -OCH3 is 1. The first kappa shape index (κ1) is 18.3. The van der Waals surface area contributed by atoms with Crippen LogP contribution in [0.3, 0.4) is 0 Å². The highest BCUT2D eigenvalue weighted by atomic mass is 16.5. The summed E-state index contributed by atoms with van der Waals surface area (Å²) in [6.07, 6.45) is 0.499. The highest BCUT2D eigenvalue weighted by Gasteiger charge is 2.12. The number of ketones is 1. The standard InChI is InChI=1S/C20H19N3O4/c1-13(24)14-5-3-7-16(11-14)21-18(25)9-10-19-22-23-20(27-19)15-6-4-8-17(12-15)26-2/h3-8,11-12H,9-10H2,1-2H3,(H,21,25). The Bertz CT molecular complexity index is 965. The van der Waals surface area contributed by atoms with E-state index in [0.29, 0.717) is 35.2 Å². The summed E-state index contributed by atoms with van der Waals surface area (Å²) in [5.74, 6) is 1.19. The monoisotopic (exact) mass is 365 g/mol. The molecule has 7 heteroatoms. The number of anilines is 1. The molecule has 3 rings (SSSR count). The Kier molecular flexibility index (Phi) is 5.61. The average Bonchev–Trinajstić information content (AvgIpc) is 3.16. The van der Waals surface area contributed by atoms with Gasteiger partial charge in [0.2, 0.25) is 17.7 Å². The van der Waals surface area contributed by atoms with Crippen LogP contribution in [0.25, 0.3) is 11.5 Å². The largest absolute Gasteiger partial charge is 0.497 e. The van der Waals surface area contributed by atoms with E-state index in [9.17, 15) is 9.59 Å². The van der Waals surface area contributed by atoms with Gasteiger partial charge in [0.1, 0.15) is 5.75 Å². The molecule has 1 heterocycles. The molecule has 27 heavy (non-hydrogen) atoms. The minimum Gasteiger partial charge on any atom is -0.497 e. The van der Waals surface area contributed by atoms with E-state index in [0.717, 1.165) is 5.56 Å². The molecule has 0 aliphatic heterocycles. The Morgan fingerprint density at radius 3 is 2.70 bits per heavy atom. The van der Waals surface area contributed by atoms with Crippen LogP contribution >= 0.6 is 0 Å². The van der Waals surface area contributed by atoms with Gasteiger partial charge in [0.05, 0.1) is 7.11 Å². The highest BCUT2D eigenvalue weighted by molar-refractivity contribution is 5.97. The van der Waals surface area contributed by atoms with Crippen molar-refractivity contribution < 1.29 is 18.7 Å². The third kappa shape index (κ3) is 4.78. The molecule has 1 N–H and O–H groups in total. The number of hydrogen-bond donors (Lipinski definition) is 1. The predicted octanol–water partition coefficient (Wildman–Crippen LogP) is 3.52. The minimum atomic E-state index is -0.197. The molecule has 0 unspecified atom stereocenters. The molecular formula is C20H19N3O4. The van der Waals surface area contributed by atoms with Gasteiger partial charge in [0.15, 0.2) is 5.78 Å². The van der Waals surface area contributed by atoms with E-state index in [1.54, 1.807) is 37.4 Å². The van der Waals surface area contributed by atoms with E-state index in [1.807, 2.05) is 18.2 Å². The Labute approximate surface area is 156 Å². The topological polar surface area (TPSA) is 94.3 Å². The molecule has 0 radical (unpaired) electrons. The molecule has 0 fully saturated rings. The number of amides is 1. The number of hydrogen-bond acceptors (Lipinski definition) is 6. The molecule has 1 aromatic heterocycles. The lowest BCUT2D eigenvalue weighted by molar-refractivity contribution is -0.116. The number of carbonyl (C=O) groups is 2. The van der Waals surface area contributed by atoms with Crippen molar-refractivity contribution in [3.63, 3.8) is 0 Å². The molecule has 0 bridgehead atoms. The zero-order valence-corrected chi connectivity index (χ0v) is 15.1. The van der Waals surface area contributed by atoms with Crippen LogP contribution < -0.4 is 10.1 Å². The third-order valence-electron chi connectivity index (χ3n) is 3.90. The maximum absolute atomic E-state index is 12.1. The summed E-state index contributed by atoms with van der Waals surface area (Å²) in [5.41, 5.74) is 1.88. The first-order chi connectivity index (χ1) is 13.0. The van der Waals surface area contributed by atoms with Crippen LogP contribution in [0.1, 0.15) is 29.6 Å². The Balaban J connectivity index is 1.59. The Morgan fingerprint density at radius 1 is 1.11 bits per heavy atom. The summed E-state index contributed by atoms with van der Waals surface area (Å²) in [4.78, 5) is 23.5. The van der Waals surface area contributed by atoms with E-state index in [1.165, 1.54) is 6.92 Å². The van der Waals surface area contributed by atoms with Gasteiger partial charge in [0, 0.05) is 29.7 Å². The molecule has 1 amide bonds. The first-order valence-corrected chi connectivity index (χ1v) is 8.43. The molecule has 2 aromatic carbocycles. The maximum atomic E-state index is 12.1. The number of nitrogens with zero attached hydrogens (tertiary/aromatic N) is 2. The van der Waals surface area contributed by atoms with E-state index < -0.39 is 0 Å². The van der Waals surface area contributed by atoms with Gasteiger partial charge in [0.25, 0.3) is 0 Å². The Morgan fingerprint density at radius 2 is 1.93 bits per heavy atom. The number of Topliss-reactive ketones (excluding diaryl/α,β-unsaturated/α-hetero) is 1. The quantitative estimate of drug-likeness (QED) is 0.644. The number of nitrogens with one attached hydrogen (secondary N) is 1. The van der Waals surface area contributed by atoms with E-state index in [4.69, 9.17) is 9.15 Å². The second kappa shape index (κ2) is 8.27. The molecule has 0 aliphatic carbocycles. The zero-order chi connectivity index (χ0) is 19.2. The van der Waals surface area contributed by atoms with Crippen molar-refractivity contribution in [3.05, 3.63) is 60.0 Å². The second-order valence-corrected chi connectivity index (χ2v) is 5.92. The number of carbonyl (C=O) groups excluding carboxylic acids is 2. The average molecular weight is 365 g/mol. The van der Waals surface area contributed by atoms with Gasteiger partial charge in [-0.05, 0) is 37.3 Å². The van der Waals surface area contributed by atoms with Gasteiger partial charge in [-0.1, -0.05) is 18.2 Å². The summed E-state index contributed by atoms with van der Waals surface area (Å²) in [6, 6.07) is 14.1. The van der Waals surface area contributed by atoms with E-state index in [2.05, 4.69) is 15.5 Å². The van der Waals surface area contributed by atoms with E-state index in [-0.39, 0.29) is 18.1 Å². The summed E-state index contributed by atoms with van der Waals surface area (Å²) in [6.45, 7) is 1.48. The van der Waals surface area contributed by atoms with Crippen molar-refractivity contribution in [2.45, 2.75) is 19.8 Å². The van der Waals surface area contributed by atoms with Crippen LogP contribution in [-0.2, 0) is 11.2 Å². The number of aryl methyl sites for hydroxylation is 1. The fourth-order valence-corrected chi connectivity index (χ4v) is 2.49. The van der Waals surface area contributed by atoms with Gasteiger partial charge in [-0.3, -0.25) is 9.59 Å². The summed E-state index contributed by atoms with van der Waals surface area (Å²) in [7, 11) is 1.59. The molecule has 0 saturated heterocycles. The third-order valence-corrected chi connectivity index (χ3v) is 3.90. The lowest BCUT2D eigenvalue weighted by Crippen LogP contribution is -2.12. The number of aromatic nitrogens is 2. The summed E-state index contributed by atoms with van der Waals surface area (Å²) in [5, 5.41) is 10.8. The van der Waals surface area contributed by atoms with Crippen molar-refractivity contribution in [2.24, 2.45) is 0 Å². The van der Waals surface area contributed by atoms with Crippen molar-refractivity contribution in [3.8, 4) is 17.2 Å². The molecule has 3 aromatic rings. The van der Waals surface area contributed by atoms with Crippen molar-refractivity contribution in [1.29, 1.82) is 0 Å². The zero-order valence-electron chi connectivity index (χ0n) is 15.1. The summed E-state index contributed by atoms with van der Waals surface area (Å²) >= 11 is 0. The minimum absolute atomic E-state index is 0.0537.